The maximum atomic E-state index is 13.9. The van der Waals surface area contributed by atoms with Crippen molar-refractivity contribution in [1.82, 2.24) is 15.0 Å². The minimum Gasteiger partial charge on any atom is -0.497 e. The van der Waals surface area contributed by atoms with Crippen molar-refractivity contribution >= 4 is 34.3 Å². The van der Waals surface area contributed by atoms with Gasteiger partial charge >= 0.3 is 18.3 Å². The van der Waals surface area contributed by atoms with Crippen LogP contribution < -0.4 is 19.4 Å². The van der Waals surface area contributed by atoms with Gasteiger partial charge in [-0.3, -0.25) is 4.79 Å². The molecule has 1 aliphatic heterocycles. The first kappa shape index (κ1) is 37.0. The SMILES string of the molecule is CCCN(CC1CC1)c1nc2ccc(OC)cc2cc1CN(Cc1cc(C(F)(F)F)cc(C(F)(F)F)c1)c1ncc(N2CCC(C(=O)O)CC2)cn1. The van der Waals surface area contributed by atoms with E-state index in [0.29, 0.717) is 66.7 Å². The third-order valence-corrected chi connectivity index (χ3v) is 9.55. The van der Waals surface area contributed by atoms with Crippen molar-refractivity contribution in [3.05, 3.63) is 77.1 Å². The first-order chi connectivity index (χ1) is 24.7. The van der Waals surface area contributed by atoms with Crippen LogP contribution in [0.2, 0.25) is 0 Å². The number of methoxy groups -OCH3 is 1. The van der Waals surface area contributed by atoms with Crippen LogP contribution in [0.1, 0.15) is 61.3 Å². The highest BCUT2D eigenvalue weighted by Crippen LogP contribution is 2.38. The molecule has 9 nitrogen and oxygen atoms in total. The summed E-state index contributed by atoms with van der Waals surface area (Å²) in [5.74, 6) is 0.582. The van der Waals surface area contributed by atoms with Crippen LogP contribution in [0.3, 0.4) is 0 Å². The Morgan fingerprint density at radius 3 is 2.12 bits per heavy atom. The fourth-order valence-corrected chi connectivity index (χ4v) is 6.63. The van der Waals surface area contributed by atoms with E-state index in [2.05, 4.69) is 21.8 Å². The Bertz CT molecular complexity index is 1840. The third kappa shape index (κ3) is 8.79. The van der Waals surface area contributed by atoms with Crippen LogP contribution in [-0.4, -0.2) is 59.3 Å². The number of piperidine rings is 1. The zero-order chi connectivity index (χ0) is 37.2. The van der Waals surface area contributed by atoms with E-state index in [1.54, 1.807) is 24.4 Å². The number of pyridine rings is 1. The molecule has 0 bridgehead atoms. The fourth-order valence-electron chi connectivity index (χ4n) is 6.63. The minimum absolute atomic E-state index is 0.0152. The number of carbonyl (C=O) groups is 1. The molecule has 278 valence electrons. The molecule has 2 aromatic heterocycles. The highest BCUT2D eigenvalue weighted by molar-refractivity contribution is 5.83. The van der Waals surface area contributed by atoms with Crippen LogP contribution in [0.5, 0.6) is 5.75 Å². The second-order valence-corrected chi connectivity index (χ2v) is 13.5. The van der Waals surface area contributed by atoms with Crippen molar-refractivity contribution in [3.8, 4) is 5.75 Å². The van der Waals surface area contributed by atoms with Crippen LogP contribution in [0.4, 0.5) is 43.8 Å². The molecule has 1 saturated carbocycles. The normalized spacial score (nSPS) is 15.6. The average Bonchev–Trinajstić information content (AvgIpc) is 3.94. The zero-order valence-electron chi connectivity index (χ0n) is 28.8. The summed E-state index contributed by atoms with van der Waals surface area (Å²) in [7, 11) is 1.55. The van der Waals surface area contributed by atoms with Gasteiger partial charge in [-0.15, -0.1) is 0 Å². The number of carboxylic acids is 1. The summed E-state index contributed by atoms with van der Waals surface area (Å²) in [6.45, 7) is 4.11. The molecule has 15 heteroatoms. The van der Waals surface area contributed by atoms with Crippen molar-refractivity contribution < 1.29 is 41.0 Å². The summed E-state index contributed by atoms with van der Waals surface area (Å²) in [4.78, 5) is 31.3. The van der Waals surface area contributed by atoms with Gasteiger partial charge in [-0.05, 0) is 86.1 Å². The summed E-state index contributed by atoms with van der Waals surface area (Å²) >= 11 is 0. The summed E-state index contributed by atoms with van der Waals surface area (Å²) in [6, 6.07) is 8.98. The Morgan fingerprint density at radius 1 is 0.904 bits per heavy atom. The molecule has 2 aromatic carbocycles. The lowest BCUT2D eigenvalue weighted by atomic mass is 9.97. The molecule has 2 aliphatic rings. The third-order valence-electron chi connectivity index (χ3n) is 9.55. The number of fused-ring (bicyclic) bond motifs is 1. The van der Waals surface area contributed by atoms with Gasteiger partial charge in [0, 0.05) is 50.2 Å². The quantitative estimate of drug-likeness (QED) is 0.137. The molecular formula is C37H40F6N6O3. The topological polar surface area (TPSA) is 94.9 Å². The fraction of sp³-hybridized carbons (Fsp3) is 0.459. The molecule has 52 heavy (non-hydrogen) atoms. The molecule has 1 N–H and O–H groups in total. The first-order valence-electron chi connectivity index (χ1n) is 17.3. The second-order valence-electron chi connectivity index (χ2n) is 13.5. The van der Waals surface area contributed by atoms with Crippen molar-refractivity contribution in [2.75, 3.05) is 48.0 Å². The summed E-state index contributed by atoms with van der Waals surface area (Å²) < 4.78 is 88.8. The predicted octanol–water partition coefficient (Wildman–Crippen LogP) is 8.21. The minimum atomic E-state index is -5.01. The Kier molecular flexibility index (Phi) is 10.7. The van der Waals surface area contributed by atoms with Crippen LogP contribution in [0.15, 0.2) is 54.9 Å². The van der Waals surface area contributed by atoms with Crippen molar-refractivity contribution in [2.45, 2.75) is 64.5 Å². The first-order valence-corrected chi connectivity index (χ1v) is 17.3. The summed E-state index contributed by atoms with van der Waals surface area (Å²) in [6.07, 6.45) is -3.02. The number of benzene rings is 2. The number of ether oxygens (including phenoxy) is 1. The van der Waals surface area contributed by atoms with Gasteiger partial charge in [0.2, 0.25) is 5.95 Å². The van der Waals surface area contributed by atoms with E-state index >= 15 is 0 Å². The van der Waals surface area contributed by atoms with E-state index in [9.17, 15) is 36.2 Å². The van der Waals surface area contributed by atoms with Gasteiger partial charge < -0.3 is 24.5 Å². The van der Waals surface area contributed by atoms with Gasteiger partial charge in [0.1, 0.15) is 11.6 Å². The predicted molar refractivity (Wildman–Crippen MR) is 184 cm³/mol. The molecule has 4 aromatic rings. The average molecular weight is 731 g/mol. The van der Waals surface area contributed by atoms with Crippen molar-refractivity contribution in [1.29, 1.82) is 0 Å². The summed E-state index contributed by atoms with van der Waals surface area (Å²) in [5, 5.41) is 10.1. The lowest BCUT2D eigenvalue weighted by molar-refractivity contribution is -0.144. The molecule has 0 spiro atoms. The molecule has 3 heterocycles. The summed E-state index contributed by atoms with van der Waals surface area (Å²) in [5.41, 5.74) is -0.992. The van der Waals surface area contributed by atoms with E-state index < -0.39 is 35.4 Å². The number of rotatable bonds is 13. The highest BCUT2D eigenvalue weighted by Gasteiger charge is 2.37. The number of carboxylic acid groups (broad SMARTS) is 1. The number of halogens is 6. The number of hydrogen-bond acceptors (Lipinski definition) is 8. The zero-order valence-corrected chi connectivity index (χ0v) is 28.8. The van der Waals surface area contributed by atoms with E-state index in [0.717, 1.165) is 43.3 Å². The van der Waals surface area contributed by atoms with Gasteiger partial charge in [-0.2, -0.15) is 26.3 Å². The molecule has 1 saturated heterocycles. The van der Waals surface area contributed by atoms with Gasteiger partial charge in [0.05, 0.1) is 47.8 Å². The standard InChI is InChI=1S/C37H40F6N6O3/c1-3-10-48(20-23-4-5-23)33-27(15-26-16-31(52-2)6-7-32(26)46-33)22-49(21-24-13-28(36(38,39)40)17-29(14-24)37(41,42)43)35-44-18-30(19-45-35)47-11-8-25(9-12-47)34(50)51/h6-7,13-19,23,25H,3-5,8-12,20-22H2,1-2H3,(H,50,51). The molecule has 6 rings (SSSR count). The van der Waals surface area contributed by atoms with Crippen molar-refractivity contribution in [3.63, 3.8) is 0 Å². The van der Waals surface area contributed by atoms with Crippen molar-refractivity contribution in [2.24, 2.45) is 11.8 Å². The van der Waals surface area contributed by atoms with Gasteiger partial charge in [-0.1, -0.05) is 6.92 Å². The van der Waals surface area contributed by atoms with Crippen LogP contribution in [0, 0.1) is 11.8 Å². The maximum absolute atomic E-state index is 13.9. The lowest BCUT2D eigenvalue weighted by Gasteiger charge is -2.32. The number of aliphatic carboxylic acids is 1. The number of anilines is 3. The lowest BCUT2D eigenvalue weighted by Crippen LogP contribution is -2.36. The number of hydrogen-bond donors (Lipinski definition) is 1. The molecule has 0 unspecified atom stereocenters. The smallest absolute Gasteiger partial charge is 0.416 e. The maximum Gasteiger partial charge on any atom is 0.416 e. The Balaban J connectivity index is 1.42. The largest absolute Gasteiger partial charge is 0.497 e. The van der Waals surface area contributed by atoms with Crippen LogP contribution >= 0.6 is 0 Å². The number of alkyl halides is 6. The number of aromatic nitrogens is 3. The Morgan fingerprint density at radius 2 is 1.56 bits per heavy atom. The molecule has 0 radical (unpaired) electrons. The molecule has 0 atom stereocenters. The molecule has 0 amide bonds. The Labute approximate surface area is 297 Å². The second kappa shape index (κ2) is 15.0. The highest BCUT2D eigenvalue weighted by atomic mass is 19.4. The van der Waals surface area contributed by atoms with Gasteiger partial charge in [0.15, 0.2) is 0 Å². The monoisotopic (exact) mass is 730 g/mol. The van der Waals surface area contributed by atoms with Crippen LogP contribution in [-0.2, 0) is 30.2 Å². The van der Waals surface area contributed by atoms with Gasteiger partial charge in [0.25, 0.3) is 0 Å². The molecular weight excluding hydrogens is 690 g/mol. The van der Waals surface area contributed by atoms with E-state index in [-0.39, 0.29) is 30.7 Å². The molecule has 2 fully saturated rings. The van der Waals surface area contributed by atoms with E-state index in [1.165, 1.54) is 0 Å². The van der Waals surface area contributed by atoms with E-state index in [1.807, 2.05) is 29.2 Å². The molecule has 1 aliphatic carbocycles. The van der Waals surface area contributed by atoms with Gasteiger partial charge in [-0.25, -0.2) is 15.0 Å². The Hall–Kier alpha value is -4.82. The van der Waals surface area contributed by atoms with E-state index in [4.69, 9.17) is 9.72 Å². The number of nitrogens with zero attached hydrogens (tertiary/aromatic N) is 6. The van der Waals surface area contributed by atoms with Crippen LogP contribution in [0.25, 0.3) is 10.9 Å².